The second-order valence-corrected chi connectivity index (χ2v) is 5.39. The highest BCUT2D eigenvalue weighted by atomic mass is 16.2. The molecule has 1 fully saturated rings. The summed E-state index contributed by atoms with van der Waals surface area (Å²) in [7, 11) is 0. The molecule has 4 nitrogen and oxygen atoms in total. The van der Waals surface area contributed by atoms with E-state index in [-0.39, 0.29) is 11.9 Å². The van der Waals surface area contributed by atoms with Crippen LogP contribution in [-0.4, -0.2) is 42.5 Å². The Morgan fingerprint density at radius 1 is 1.33 bits per heavy atom. The van der Waals surface area contributed by atoms with Gasteiger partial charge in [0.05, 0.1) is 6.54 Å². The lowest BCUT2D eigenvalue weighted by atomic mass is 9.95. The lowest BCUT2D eigenvalue weighted by molar-refractivity contribution is -0.123. The van der Waals surface area contributed by atoms with Gasteiger partial charge in [-0.15, -0.1) is 0 Å². The van der Waals surface area contributed by atoms with Crippen LogP contribution in [0.2, 0.25) is 0 Å². The van der Waals surface area contributed by atoms with Crippen LogP contribution in [0.1, 0.15) is 38.5 Å². The number of rotatable bonds is 4. The third-order valence-electron chi connectivity index (χ3n) is 3.97. The number of nitrogens with two attached hydrogens (primary N) is 1. The zero-order chi connectivity index (χ0) is 12.8. The lowest BCUT2D eigenvalue weighted by Gasteiger charge is -2.31. The minimum absolute atomic E-state index is 0.163. The van der Waals surface area contributed by atoms with Crippen molar-refractivity contribution >= 4 is 5.91 Å². The minimum atomic E-state index is 0.163. The molecule has 1 amide bonds. The van der Waals surface area contributed by atoms with E-state index in [1.807, 2.05) is 0 Å². The van der Waals surface area contributed by atoms with Gasteiger partial charge in [0.2, 0.25) is 5.91 Å². The third-order valence-corrected chi connectivity index (χ3v) is 3.97. The molecule has 0 aromatic heterocycles. The maximum absolute atomic E-state index is 12.0. The van der Waals surface area contributed by atoms with Crippen LogP contribution in [0.5, 0.6) is 0 Å². The van der Waals surface area contributed by atoms with Gasteiger partial charge < -0.3 is 11.1 Å². The van der Waals surface area contributed by atoms with Gasteiger partial charge in [0, 0.05) is 25.2 Å². The van der Waals surface area contributed by atoms with Gasteiger partial charge in [-0.25, -0.2) is 0 Å². The monoisotopic (exact) mass is 251 g/mol. The number of amides is 1. The quantitative estimate of drug-likeness (QED) is 0.734. The van der Waals surface area contributed by atoms with Crippen molar-refractivity contribution in [1.29, 1.82) is 0 Å². The van der Waals surface area contributed by atoms with Crippen molar-refractivity contribution in [2.75, 3.05) is 19.6 Å². The Kier molecular flexibility index (Phi) is 5.20. The van der Waals surface area contributed by atoms with E-state index in [9.17, 15) is 4.79 Å². The predicted octanol–water partition coefficient (Wildman–Crippen LogP) is 1.02. The Bertz CT molecular complexity index is 297. The number of carbonyl (C=O) groups excluding carboxylic acids is 1. The fraction of sp³-hybridized carbons (Fsp3) is 0.786. The topological polar surface area (TPSA) is 58.4 Å². The van der Waals surface area contributed by atoms with Crippen molar-refractivity contribution in [3.8, 4) is 0 Å². The average Bonchev–Trinajstić information content (AvgIpc) is 2.40. The molecule has 3 N–H and O–H groups in total. The van der Waals surface area contributed by atoms with E-state index in [0.29, 0.717) is 19.1 Å². The summed E-state index contributed by atoms with van der Waals surface area (Å²) in [5.41, 5.74) is 5.73. The molecule has 0 aromatic carbocycles. The second kappa shape index (κ2) is 6.90. The maximum Gasteiger partial charge on any atom is 0.234 e. The highest BCUT2D eigenvalue weighted by Gasteiger charge is 2.21. The standard InChI is InChI=1S/C14H25N3O/c15-10-13-8-4-5-9-17(13)11-14(18)16-12-6-2-1-3-7-12/h4,8,12-13H,1-3,5-7,9-11,15H2,(H,16,18). The molecule has 1 heterocycles. The molecule has 2 rings (SSSR count). The molecule has 2 aliphatic rings. The molecule has 1 atom stereocenters. The van der Waals surface area contributed by atoms with E-state index in [2.05, 4.69) is 22.4 Å². The summed E-state index contributed by atoms with van der Waals surface area (Å²) in [5, 5.41) is 3.17. The summed E-state index contributed by atoms with van der Waals surface area (Å²) in [4.78, 5) is 14.2. The van der Waals surface area contributed by atoms with Gasteiger partial charge in [0.25, 0.3) is 0 Å². The smallest absolute Gasteiger partial charge is 0.234 e. The minimum Gasteiger partial charge on any atom is -0.352 e. The number of hydrogen-bond donors (Lipinski definition) is 2. The first-order valence-corrected chi connectivity index (χ1v) is 7.19. The van der Waals surface area contributed by atoms with E-state index in [0.717, 1.165) is 25.8 Å². The molecule has 1 saturated carbocycles. The van der Waals surface area contributed by atoms with Crippen LogP contribution in [0.15, 0.2) is 12.2 Å². The summed E-state index contributed by atoms with van der Waals surface area (Å²) < 4.78 is 0. The average molecular weight is 251 g/mol. The largest absolute Gasteiger partial charge is 0.352 e. The first-order valence-electron chi connectivity index (χ1n) is 7.19. The fourth-order valence-corrected chi connectivity index (χ4v) is 2.91. The van der Waals surface area contributed by atoms with Crippen LogP contribution >= 0.6 is 0 Å². The highest BCUT2D eigenvalue weighted by molar-refractivity contribution is 5.78. The molecule has 0 aromatic rings. The van der Waals surface area contributed by atoms with E-state index in [4.69, 9.17) is 5.73 Å². The Morgan fingerprint density at radius 2 is 2.11 bits per heavy atom. The predicted molar refractivity (Wildman–Crippen MR) is 73.2 cm³/mol. The molecule has 0 saturated heterocycles. The van der Waals surface area contributed by atoms with Gasteiger partial charge in [0.15, 0.2) is 0 Å². The Balaban J connectivity index is 1.77. The molecular weight excluding hydrogens is 226 g/mol. The van der Waals surface area contributed by atoms with Gasteiger partial charge >= 0.3 is 0 Å². The first kappa shape index (κ1) is 13.6. The summed E-state index contributed by atoms with van der Waals surface area (Å²) in [6.07, 6.45) is 11.4. The summed E-state index contributed by atoms with van der Waals surface area (Å²) in [6, 6.07) is 0.638. The molecular formula is C14H25N3O. The highest BCUT2D eigenvalue weighted by Crippen LogP contribution is 2.17. The van der Waals surface area contributed by atoms with Gasteiger partial charge in [-0.1, -0.05) is 31.4 Å². The van der Waals surface area contributed by atoms with Crippen molar-refractivity contribution in [3.05, 3.63) is 12.2 Å². The summed E-state index contributed by atoms with van der Waals surface area (Å²) in [6.45, 7) is 2.02. The van der Waals surface area contributed by atoms with Crippen molar-refractivity contribution in [1.82, 2.24) is 10.2 Å². The van der Waals surface area contributed by atoms with Crippen molar-refractivity contribution < 1.29 is 4.79 Å². The van der Waals surface area contributed by atoms with E-state index < -0.39 is 0 Å². The van der Waals surface area contributed by atoms with Crippen LogP contribution in [0.25, 0.3) is 0 Å². The Labute approximate surface area is 110 Å². The van der Waals surface area contributed by atoms with Crippen molar-refractivity contribution in [2.24, 2.45) is 5.73 Å². The molecule has 102 valence electrons. The van der Waals surface area contributed by atoms with Crippen LogP contribution < -0.4 is 11.1 Å². The molecule has 0 spiro atoms. The molecule has 4 heteroatoms. The fourth-order valence-electron chi connectivity index (χ4n) is 2.91. The van der Waals surface area contributed by atoms with Gasteiger partial charge in [0.1, 0.15) is 0 Å². The third kappa shape index (κ3) is 3.82. The van der Waals surface area contributed by atoms with E-state index >= 15 is 0 Å². The van der Waals surface area contributed by atoms with Gasteiger partial charge in [-0.2, -0.15) is 0 Å². The summed E-state index contributed by atoms with van der Waals surface area (Å²) >= 11 is 0. The molecule has 0 radical (unpaired) electrons. The van der Waals surface area contributed by atoms with Crippen LogP contribution in [0.4, 0.5) is 0 Å². The SMILES string of the molecule is NCC1C=CCCN1CC(=O)NC1CCCCC1. The zero-order valence-corrected chi connectivity index (χ0v) is 11.1. The van der Waals surface area contributed by atoms with Gasteiger partial charge in [-0.3, -0.25) is 9.69 Å². The Hall–Kier alpha value is -0.870. The van der Waals surface area contributed by atoms with Crippen LogP contribution in [0, 0.1) is 0 Å². The number of hydrogen-bond acceptors (Lipinski definition) is 3. The van der Waals surface area contributed by atoms with Crippen molar-refractivity contribution in [3.63, 3.8) is 0 Å². The van der Waals surface area contributed by atoms with E-state index in [1.165, 1.54) is 19.3 Å². The normalized spacial score (nSPS) is 26.2. The lowest BCUT2D eigenvalue weighted by Crippen LogP contribution is -2.48. The Morgan fingerprint density at radius 3 is 2.83 bits per heavy atom. The molecule has 1 aliphatic carbocycles. The van der Waals surface area contributed by atoms with Gasteiger partial charge in [-0.05, 0) is 19.3 Å². The number of nitrogens with one attached hydrogen (secondary N) is 1. The molecule has 0 bridgehead atoms. The van der Waals surface area contributed by atoms with Crippen LogP contribution in [-0.2, 0) is 4.79 Å². The second-order valence-electron chi connectivity index (χ2n) is 5.39. The zero-order valence-electron chi connectivity index (χ0n) is 11.1. The first-order chi connectivity index (χ1) is 8.79. The van der Waals surface area contributed by atoms with Crippen LogP contribution in [0.3, 0.4) is 0 Å². The van der Waals surface area contributed by atoms with Crippen molar-refractivity contribution in [2.45, 2.75) is 50.6 Å². The number of carbonyl (C=O) groups is 1. The molecule has 1 unspecified atom stereocenters. The number of nitrogens with zero attached hydrogens (tertiary/aromatic N) is 1. The molecule has 1 aliphatic heterocycles. The molecule has 18 heavy (non-hydrogen) atoms. The van der Waals surface area contributed by atoms with E-state index in [1.54, 1.807) is 0 Å². The maximum atomic E-state index is 12.0. The summed E-state index contributed by atoms with van der Waals surface area (Å²) in [5.74, 6) is 0.163.